The number of rotatable bonds is 7. The van der Waals surface area contributed by atoms with Crippen molar-refractivity contribution < 1.29 is 35.8 Å². The summed E-state index contributed by atoms with van der Waals surface area (Å²) in [6, 6.07) is 10.9. The number of nitrogens with zero attached hydrogens (tertiary/aromatic N) is 1. The fourth-order valence-electron chi connectivity index (χ4n) is 3.07. The zero-order valence-corrected chi connectivity index (χ0v) is 19.0. The lowest BCUT2D eigenvalue weighted by Crippen LogP contribution is -2.31. The second kappa shape index (κ2) is 9.75. The summed E-state index contributed by atoms with van der Waals surface area (Å²) < 4.78 is 90.0. The van der Waals surface area contributed by atoms with Crippen LogP contribution in [0.4, 0.5) is 26.3 Å². The van der Waals surface area contributed by atoms with Gasteiger partial charge < -0.3 is 9.47 Å². The highest BCUT2D eigenvalue weighted by molar-refractivity contribution is 7.97. The van der Waals surface area contributed by atoms with Crippen LogP contribution < -0.4 is 14.2 Å². The summed E-state index contributed by atoms with van der Waals surface area (Å²) in [5.74, 6) is -0.179. The molecule has 3 aromatic rings. The standard InChI is InChI=1S/C23H20F6N2O2S/c1-21(2,15-6-4-5-14(11-15)17-9-10-30-13-19(17)32-3)31-34-20-12-16(22(24,25)26)7-8-18(20)33-23(27,28)29/h4-13,31H,1-3H3. The highest BCUT2D eigenvalue weighted by Gasteiger charge is 2.35. The smallest absolute Gasteiger partial charge is 0.494 e. The molecule has 0 saturated carbocycles. The van der Waals surface area contributed by atoms with Gasteiger partial charge in [-0.05, 0) is 67.3 Å². The molecule has 0 amide bonds. The summed E-state index contributed by atoms with van der Waals surface area (Å²) in [6.45, 7) is 3.50. The van der Waals surface area contributed by atoms with Crippen molar-refractivity contribution in [3.63, 3.8) is 0 Å². The number of halogens is 6. The number of nitrogens with one attached hydrogen (secondary N) is 1. The Labute approximate surface area is 196 Å². The lowest BCUT2D eigenvalue weighted by molar-refractivity contribution is -0.275. The first-order valence-corrected chi connectivity index (χ1v) is 10.6. The van der Waals surface area contributed by atoms with Crippen molar-refractivity contribution in [3.05, 3.63) is 72.1 Å². The van der Waals surface area contributed by atoms with E-state index >= 15 is 0 Å². The third-order valence-electron chi connectivity index (χ3n) is 4.81. The molecule has 11 heteroatoms. The van der Waals surface area contributed by atoms with Gasteiger partial charge in [0.2, 0.25) is 0 Å². The molecule has 0 atom stereocenters. The van der Waals surface area contributed by atoms with Crippen LogP contribution >= 0.6 is 11.9 Å². The van der Waals surface area contributed by atoms with E-state index < -0.39 is 29.4 Å². The topological polar surface area (TPSA) is 43.4 Å². The Morgan fingerprint density at radius 2 is 1.62 bits per heavy atom. The lowest BCUT2D eigenvalue weighted by atomic mass is 9.92. The molecular formula is C23H20F6N2O2S. The largest absolute Gasteiger partial charge is 0.573 e. The maximum atomic E-state index is 13.1. The minimum atomic E-state index is -5.05. The van der Waals surface area contributed by atoms with Gasteiger partial charge in [0.15, 0.2) is 0 Å². The van der Waals surface area contributed by atoms with E-state index in [1.165, 1.54) is 7.11 Å². The fraction of sp³-hybridized carbons (Fsp3) is 0.261. The number of pyridine rings is 1. The highest BCUT2D eigenvalue weighted by Crippen LogP contribution is 2.40. The number of alkyl halides is 6. The SMILES string of the molecule is COc1cnccc1-c1cccc(C(C)(C)NSc2cc(C(F)(F)F)ccc2OC(F)(F)F)c1. The third-order valence-corrected chi connectivity index (χ3v) is 5.96. The van der Waals surface area contributed by atoms with Gasteiger partial charge in [-0.15, -0.1) is 13.2 Å². The van der Waals surface area contributed by atoms with E-state index in [1.807, 2.05) is 12.1 Å². The van der Waals surface area contributed by atoms with E-state index in [4.69, 9.17) is 4.74 Å². The van der Waals surface area contributed by atoms with E-state index in [-0.39, 0.29) is 4.90 Å². The van der Waals surface area contributed by atoms with Crippen LogP contribution in [0.3, 0.4) is 0 Å². The van der Waals surface area contributed by atoms with Gasteiger partial charge in [0.05, 0.1) is 23.8 Å². The maximum absolute atomic E-state index is 13.1. The Balaban J connectivity index is 1.90. The van der Waals surface area contributed by atoms with E-state index in [1.54, 1.807) is 44.4 Å². The third kappa shape index (κ3) is 6.35. The van der Waals surface area contributed by atoms with Crippen molar-refractivity contribution in [1.29, 1.82) is 0 Å². The molecule has 0 unspecified atom stereocenters. The van der Waals surface area contributed by atoms with Gasteiger partial charge in [-0.2, -0.15) is 13.2 Å². The van der Waals surface area contributed by atoms with Crippen LogP contribution in [-0.4, -0.2) is 18.5 Å². The predicted octanol–water partition coefficient (Wildman–Crippen LogP) is 7.21. The monoisotopic (exact) mass is 502 g/mol. The van der Waals surface area contributed by atoms with Crippen LogP contribution in [0.1, 0.15) is 25.0 Å². The molecule has 0 aliphatic carbocycles. The Hall–Kier alpha value is -2.92. The molecule has 0 fully saturated rings. The number of aromatic nitrogens is 1. The number of hydrogen-bond acceptors (Lipinski definition) is 5. The highest BCUT2D eigenvalue weighted by atomic mass is 32.2. The first-order chi connectivity index (χ1) is 15.8. The summed E-state index contributed by atoms with van der Waals surface area (Å²) in [7, 11) is 1.52. The van der Waals surface area contributed by atoms with E-state index in [0.29, 0.717) is 35.9 Å². The Bertz CT molecular complexity index is 1150. The normalized spacial score (nSPS) is 12.5. The van der Waals surface area contributed by atoms with Crippen molar-refractivity contribution >= 4 is 11.9 Å². The van der Waals surface area contributed by atoms with Crippen LogP contribution in [0.25, 0.3) is 11.1 Å². The van der Waals surface area contributed by atoms with E-state index in [2.05, 4.69) is 14.4 Å². The second-order valence-corrected chi connectivity index (χ2v) is 8.54. The van der Waals surface area contributed by atoms with Gasteiger partial charge in [-0.25, -0.2) is 4.72 Å². The summed E-state index contributed by atoms with van der Waals surface area (Å²) in [4.78, 5) is 3.67. The molecule has 0 saturated heterocycles. The van der Waals surface area contributed by atoms with Gasteiger partial charge in [-0.3, -0.25) is 4.98 Å². The molecule has 0 bridgehead atoms. The fourth-order valence-corrected chi connectivity index (χ4v) is 3.95. The van der Waals surface area contributed by atoms with Crippen LogP contribution in [0, 0.1) is 0 Å². The minimum Gasteiger partial charge on any atom is -0.494 e. The molecule has 1 aromatic heterocycles. The zero-order valence-electron chi connectivity index (χ0n) is 18.2. The molecule has 0 aliphatic heterocycles. The second-order valence-electron chi connectivity index (χ2n) is 7.69. The summed E-state index contributed by atoms with van der Waals surface area (Å²) >= 11 is 0.619. The molecule has 2 aromatic carbocycles. The molecule has 1 N–H and O–H groups in total. The van der Waals surface area contributed by atoms with Crippen LogP contribution in [0.15, 0.2) is 65.8 Å². The average molecular weight is 502 g/mol. The summed E-state index contributed by atoms with van der Waals surface area (Å²) in [5, 5.41) is 0. The van der Waals surface area contributed by atoms with E-state index in [9.17, 15) is 26.3 Å². The molecule has 1 heterocycles. The number of hydrogen-bond donors (Lipinski definition) is 1. The molecule has 0 radical (unpaired) electrons. The molecule has 4 nitrogen and oxygen atoms in total. The molecule has 0 spiro atoms. The first kappa shape index (κ1) is 25.7. The van der Waals surface area contributed by atoms with Crippen molar-refractivity contribution in [2.24, 2.45) is 0 Å². The minimum absolute atomic E-state index is 0.354. The van der Waals surface area contributed by atoms with E-state index in [0.717, 1.165) is 16.7 Å². The van der Waals surface area contributed by atoms with Gasteiger partial charge in [-0.1, -0.05) is 18.2 Å². The van der Waals surface area contributed by atoms with Crippen LogP contribution in [0.5, 0.6) is 11.5 Å². The molecule has 0 aliphatic rings. The first-order valence-electron chi connectivity index (χ1n) is 9.80. The summed E-state index contributed by atoms with van der Waals surface area (Å²) in [5.41, 5.74) is 0.376. The molecular weight excluding hydrogens is 482 g/mol. The van der Waals surface area contributed by atoms with Gasteiger partial charge >= 0.3 is 12.5 Å². The predicted molar refractivity (Wildman–Crippen MR) is 116 cm³/mol. The molecule has 182 valence electrons. The number of methoxy groups -OCH3 is 1. The average Bonchev–Trinajstić information content (AvgIpc) is 2.76. The van der Waals surface area contributed by atoms with Crippen molar-refractivity contribution in [1.82, 2.24) is 9.71 Å². The van der Waals surface area contributed by atoms with Gasteiger partial charge in [0.1, 0.15) is 11.5 Å². The quantitative estimate of drug-likeness (QED) is 0.273. The Kier molecular flexibility index (Phi) is 7.37. The summed E-state index contributed by atoms with van der Waals surface area (Å²) in [6.07, 6.45) is -6.60. The maximum Gasteiger partial charge on any atom is 0.573 e. The zero-order chi connectivity index (χ0) is 25.1. The Morgan fingerprint density at radius 3 is 2.26 bits per heavy atom. The van der Waals surface area contributed by atoms with Crippen molar-refractivity contribution in [3.8, 4) is 22.6 Å². The lowest BCUT2D eigenvalue weighted by Gasteiger charge is -2.27. The van der Waals surface area contributed by atoms with Gasteiger partial charge in [0, 0.05) is 17.3 Å². The molecule has 34 heavy (non-hydrogen) atoms. The molecule has 3 rings (SSSR count). The number of ether oxygens (including phenoxy) is 2. The van der Waals surface area contributed by atoms with Crippen molar-refractivity contribution in [2.45, 2.75) is 36.8 Å². The van der Waals surface area contributed by atoms with Crippen LogP contribution in [0.2, 0.25) is 0 Å². The van der Waals surface area contributed by atoms with Gasteiger partial charge in [0.25, 0.3) is 0 Å². The van der Waals surface area contributed by atoms with Crippen LogP contribution in [-0.2, 0) is 11.7 Å². The number of benzene rings is 2. The van der Waals surface area contributed by atoms with Crippen molar-refractivity contribution in [2.75, 3.05) is 7.11 Å². The Morgan fingerprint density at radius 1 is 0.882 bits per heavy atom.